The van der Waals surface area contributed by atoms with Crippen LogP contribution in [-0.2, 0) is 5.75 Å². The topological polar surface area (TPSA) is 9.72 Å². The smallest absolute Gasteiger partial charge is 0.0551 e. The number of rotatable bonds is 6. The van der Waals surface area contributed by atoms with Crippen molar-refractivity contribution in [3.05, 3.63) is 54.1 Å². The molecule has 0 bridgehead atoms. The third-order valence-corrected chi connectivity index (χ3v) is 7.79. The van der Waals surface area contributed by atoms with E-state index in [-0.39, 0.29) is 0 Å². The molecular formula is C26H37N3S. The predicted molar refractivity (Wildman–Crippen MR) is 131 cm³/mol. The summed E-state index contributed by atoms with van der Waals surface area (Å²) in [7, 11) is 0. The Morgan fingerprint density at radius 3 is 2.23 bits per heavy atom. The van der Waals surface area contributed by atoms with Gasteiger partial charge in [0.1, 0.15) is 0 Å². The van der Waals surface area contributed by atoms with E-state index in [0.29, 0.717) is 18.1 Å². The minimum atomic E-state index is 0.577. The fourth-order valence-electron chi connectivity index (χ4n) is 5.10. The molecule has 2 aromatic carbocycles. The molecule has 3 nitrogen and oxygen atoms in total. The van der Waals surface area contributed by atoms with Crippen molar-refractivity contribution in [3.8, 4) is 0 Å². The van der Waals surface area contributed by atoms with Gasteiger partial charge in [-0.05, 0) is 64.3 Å². The molecular weight excluding hydrogens is 386 g/mol. The summed E-state index contributed by atoms with van der Waals surface area (Å²) in [6.45, 7) is 14.0. The molecule has 2 heterocycles. The van der Waals surface area contributed by atoms with Crippen molar-refractivity contribution in [2.24, 2.45) is 0 Å². The highest BCUT2D eigenvalue weighted by molar-refractivity contribution is 7.98. The van der Waals surface area contributed by atoms with Gasteiger partial charge in [-0.3, -0.25) is 4.90 Å². The molecule has 0 atom stereocenters. The zero-order chi connectivity index (χ0) is 21.1. The Morgan fingerprint density at radius 2 is 1.53 bits per heavy atom. The summed E-state index contributed by atoms with van der Waals surface area (Å²) in [5, 5.41) is 0. The second-order valence-corrected chi connectivity index (χ2v) is 10.3. The molecule has 2 aromatic rings. The van der Waals surface area contributed by atoms with Crippen LogP contribution in [0.1, 0.15) is 46.1 Å². The molecule has 0 saturated carbocycles. The van der Waals surface area contributed by atoms with E-state index in [1.807, 2.05) is 11.8 Å². The van der Waals surface area contributed by atoms with Gasteiger partial charge in [-0.25, -0.2) is 0 Å². The number of likely N-dealkylation sites (tertiary alicyclic amines) is 1. The van der Waals surface area contributed by atoms with Gasteiger partial charge >= 0.3 is 0 Å². The normalized spacial score (nSPS) is 18.0. The van der Waals surface area contributed by atoms with E-state index < -0.39 is 0 Å². The maximum atomic E-state index is 2.68. The zero-order valence-corrected chi connectivity index (χ0v) is 19.9. The minimum absolute atomic E-state index is 0.577. The molecule has 0 radical (unpaired) electrons. The summed E-state index contributed by atoms with van der Waals surface area (Å²) < 4.78 is 0. The zero-order valence-electron chi connectivity index (χ0n) is 19.1. The van der Waals surface area contributed by atoms with Crippen LogP contribution in [0.3, 0.4) is 0 Å². The van der Waals surface area contributed by atoms with Crippen molar-refractivity contribution >= 4 is 23.1 Å². The van der Waals surface area contributed by atoms with Crippen LogP contribution in [-0.4, -0.2) is 54.1 Å². The first kappa shape index (κ1) is 21.7. The van der Waals surface area contributed by atoms with Crippen LogP contribution in [0.15, 0.2) is 53.4 Å². The lowest BCUT2D eigenvalue weighted by atomic mass is 10.00. The average molecular weight is 424 g/mol. The maximum absolute atomic E-state index is 2.68. The molecule has 0 unspecified atom stereocenters. The van der Waals surface area contributed by atoms with Crippen LogP contribution in [0.4, 0.5) is 11.4 Å². The SMILES string of the molecule is CC(C)N(CCN1CCC(N2c3ccccc3CSc3ccccc32)CC1)C(C)C. The van der Waals surface area contributed by atoms with E-state index >= 15 is 0 Å². The second-order valence-electron chi connectivity index (χ2n) is 9.25. The van der Waals surface area contributed by atoms with Crippen LogP contribution < -0.4 is 4.90 Å². The summed E-state index contributed by atoms with van der Waals surface area (Å²) in [6, 6.07) is 19.8. The Balaban J connectivity index is 1.47. The molecule has 2 aliphatic heterocycles. The lowest BCUT2D eigenvalue weighted by molar-refractivity contribution is 0.130. The van der Waals surface area contributed by atoms with Crippen molar-refractivity contribution in [1.82, 2.24) is 9.80 Å². The Kier molecular flexibility index (Phi) is 7.07. The molecule has 0 spiro atoms. The van der Waals surface area contributed by atoms with Crippen LogP contribution in [0.2, 0.25) is 0 Å². The predicted octanol–water partition coefficient (Wildman–Crippen LogP) is 6.01. The molecule has 2 aliphatic rings. The first-order chi connectivity index (χ1) is 14.5. The minimum Gasteiger partial charge on any atom is -0.337 e. The molecule has 4 heteroatoms. The molecule has 0 amide bonds. The maximum Gasteiger partial charge on any atom is 0.0551 e. The number of para-hydroxylation sites is 2. The molecule has 0 aromatic heterocycles. The Hall–Kier alpha value is -1.49. The Labute approximate surface area is 187 Å². The summed E-state index contributed by atoms with van der Waals surface area (Å²) in [4.78, 5) is 9.38. The van der Waals surface area contributed by atoms with E-state index in [1.54, 1.807) is 0 Å². The number of anilines is 2. The van der Waals surface area contributed by atoms with E-state index in [9.17, 15) is 0 Å². The van der Waals surface area contributed by atoms with Crippen LogP contribution >= 0.6 is 11.8 Å². The number of thioether (sulfide) groups is 1. The van der Waals surface area contributed by atoms with E-state index in [0.717, 1.165) is 5.75 Å². The Morgan fingerprint density at radius 1 is 0.900 bits per heavy atom. The highest BCUT2D eigenvalue weighted by atomic mass is 32.2. The molecule has 0 aliphatic carbocycles. The van der Waals surface area contributed by atoms with Gasteiger partial charge in [0.25, 0.3) is 0 Å². The van der Waals surface area contributed by atoms with Gasteiger partial charge in [-0.2, -0.15) is 0 Å². The van der Waals surface area contributed by atoms with Crippen molar-refractivity contribution < 1.29 is 0 Å². The monoisotopic (exact) mass is 423 g/mol. The first-order valence-corrected chi connectivity index (χ1v) is 12.6. The number of hydrogen-bond acceptors (Lipinski definition) is 4. The number of benzene rings is 2. The number of hydrogen-bond donors (Lipinski definition) is 0. The highest BCUT2D eigenvalue weighted by Crippen LogP contribution is 2.44. The molecule has 162 valence electrons. The van der Waals surface area contributed by atoms with E-state index in [2.05, 4.69) is 90.9 Å². The third-order valence-electron chi connectivity index (χ3n) is 6.68. The number of piperidine rings is 1. The number of nitrogens with zero attached hydrogens (tertiary/aromatic N) is 3. The van der Waals surface area contributed by atoms with Gasteiger partial charge in [0.2, 0.25) is 0 Å². The van der Waals surface area contributed by atoms with Gasteiger partial charge < -0.3 is 9.80 Å². The fraction of sp³-hybridized carbons (Fsp3) is 0.538. The van der Waals surface area contributed by atoms with Crippen molar-refractivity contribution in [2.75, 3.05) is 31.1 Å². The van der Waals surface area contributed by atoms with Gasteiger partial charge in [0.15, 0.2) is 0 Å². The van der Waals surface area contributed by atoms with Crippen LogP contribution in [0.5, 0.6) is 0 Å². The summed E-state index contributed by atoms with van der Waals surface area (Å²) in [5.41, 5.74) is 4.28. The quantitative estimate of drug-likeness (QED) is 0.562. The van der Waals surface area contributed by atoms with Crippen molar-refractivity contribution in [1.29, 1.82) is 0 Å². The lowest BCUT2D eigenvalue weighted by Gasteiger charge is -2.41. The highest BCUT2D eigenvalue weighted by Gasteiger charge is 2.30. The van der Waals surface area contributed by atoms with E-state index in [4.69, 9.17) is 0 Å². The molecule has 4 rings (SSSR count). The third kappa shape index (κ3) is 4.71. The Bertz CT molecular complexity index is 771. The molecule has 1 fully saturated rings. The first-order valence-electron chi connectivity index (χ1n) is 11.6. The molecule has 0 N–H and O–H groups in total. The van der Waals surface area contributed by atoms with Gasteiger partial charge in [0, 0.05) is 60.6 Å². The van der Waals surface area contributed by atoms with Gasteiger partial charge in [-0.1, -0.05) is 30.3 Å². The van der Waals surface area contributed by atoms with Crippen LogP contribution in [0.25, 0.3) is 0 Å². The van der Waals surface area contributed by atoms with Crippen molar-refractivity contribution in [2.45, 2.75) is 69.3 Å². The van der Waals surface area contributed by atoms with E-state index in [1.165, 1.54) is 60.9 Å². The second kappa shape index (κ2) is 9.76. The fourth-order valence-corrected chi connectivity index (χ4v) is 6.14. The molecule has 1 saturated heterocycles. The summed E-state index contributed by atoms with van der Waals surface area (Å²) >= 11 is 1.98. The van der Waals surface area contributed by atoms with Crippen LogP contribution in [0, 0.1) is 0 Å². The van der Waals surface area contributed by atoms with Gasteiger partial charge in [-0.15, -0.1) is 11.8 Å². The molecule has 30 heavy (non-hydrogen) atoms. The lowest BCUT2D eigenvalue weighted by Crippen LogP contribution is -2.47. The average Bonchev–Trinajstić information content (AvgIpc) is 2.91. The summed E-state index contributed by atoms with van der Waals surface area (Å²) in [6.07, 6.45) is 2.47. The number of fused-ring (bicyclic) bond motifs is 2. The largest absolute Gasteiger partial charge is 0.337 e. The summed E-state index contributed by atoms with van der Waals surface area (Å²) in [5.74, 6) is 1.06. The standard InChI is InChI=1S/C26H37N3S/c1-20(2)28(21(3)4)18-17-27-15-13-23(14-16-27)29-24-10-6-5-9-22(24)19-30-26-12-8-7-11-25(26)29/h5-12,20-21,23H,13-19H2,1-4H3. The van der Waals surface area contributed by atoms with Crippen molar-refractivity contribution in [3.63, 3.8) is 0 Å². The van der Waals surface area contributed by atoms with Gasteiger partial charge in [0.05, 0.1) is 5.69 Å².